The summed E-state index contributed by atoms with van der Waals surface area (Å²) in [4.78, 5) is 15.4. The Labute approximate surface area is 114 Å². The SMILES string of the molecule is Cc1nc2ccc(Nc3ccccc3)nn2c1C(=O)O. The van der Waals surface area contributed by atoms with Crippen LogP contribution in [0.2, 0.25) is 0 Å². The predicted molar refractivity (Wildman–Crippen MR) is 74.4 cm³/mol. The first kappa shape index (κ1) is 12.2. The Bertz CT molecular complexity index is 780. The third-order valence-corrected chi connectivity index (χ3v) is 2.90. The molecule has 1 aromatic carbocycles. The molecule has 0 aliphatic carbocycles. The van der Waals surface area contributed by atoms with E-state index in [-0.39, 0.29) is 5.69 Å². The first-order valence-corrected chi connectivity index (χ1v) is 6.07. The van der Waals surface area contributed by atoms with Crippen LogP contribution in [0.3, 0.4) is 0 Å². The van der Waals surface area contributed by atoms with E-state index >= 15 is 0 Å². The minimum absolute atomic E-state index is 0.0803. The van der Waals surface area contributed by atoms with E-state index in [9.17, 15) is 9.90 Å². The summed E-state index contributed by atoms with van der Waals surface area (Å²) in [6, 6.07) is 13.0. The van der Waals surface area contributed by atoms with Crippen molar-refractivity contribution in [2.24, 2.45) is 0 Å². The monoisotopic (exact) mass is 268 g/mol. The first-order valence-electron chi connectivity index (χ1n) is 6.07. The molecule has 2 heterocycles. The number of para-hydroxylation sites is 1. The highest BCUT2D eigenvalue weighted by atomic mass is 16.4. The van der Waals surface area contributed by atoms with Crippen LogP contribution in [0.4, 0.5) is 11.5 Å². The van der Waals surface area contributed by atoms with E-state index < -0.39 is 5.97 Å². The zero-order valence-electron chi connectivity index (χ0n) is 10.7. The molecule has 2 N–H and O–H groups in total. The van der Waals surface area contributed by atoms with E-state index in [1.165, 1.54) is 4.52 Å². The molecule has 3 rings (SSSR count). The average Bonchev–Trinajstić information content (AvgIpc) is 2.75. The fourth-order valence-corrected chi connectivity index (χ4v) is 2.02. The molecule has 0 radical (unpaired) electrons. The lowest BCUT2D eigenvalue weighted by atomic mass is 10.3. The minimum atomic E-state index is -1.04. The second kappa shape index (κ2) is 4.65. The maximum Gasteiger partial charge on any atom is 0.356 e. The molecule has 2 aromatic heterocycles. The molecule has 100 valence electrons. The van der Waals surface area contributed by atoms with Crippen molar-refractivity contribution in [3.8, 4) is 0 Å². The molecule has 0 saturated carbocycles. The average molecular weight is 268 g/mol. The Hall–Kier alpha value is -2.89. The van der Waals surface area contributed by atoms with Gasteiger partial charge in [-0.25, -0.2) is 14.3 Å². The van der Waals surface area contributed by atoms with E-state index in [2.05, 4.69) is 15.4 Å². The molecule has 20 heavy (non-hydrogen) atoms. The van der Waals surface area contributed by atoms with Crippen LogP contribution in [-0.4, -0.2) is 25.7 Å². The lowest BCUT2D eigenvalue weighted by Crippen LogP contribution is -2.07. The smallest absolute Gasteiger partial charge is 0.356 e. The lowest BCUT2D eigenvalue weighted by molar-refractivity contribution is 0.0687. The second-order valence-corrected chi connectivity index (χ2v) is 4.33. The fraction of sp³-hybridized carbons (Fsp3) is 0.0714. The molecule has 0 saturated heterocycles. The van der Waals surface area contributed by atoms with Gasteiger partial charge in [-0.2, -0.15) is 0 Å². The molecule has 0 aliphatic rings. The van der Waals surface area contributed by atoms with Gasteiger partial charge in [-0.1, -0.05) is 18.2 Å². The van der Waals surface area contributed by atoms with Crippen LogP contribution < -0.4 is 5.32 Å². The largest absolute Gasteiger partial charge is 0.476 e. The summed E-state index contributed by atoms with van der Waals surface area (Å²) in [5.41, 5.74) is 1.92. The first-order chi connectivity index (χ1) is 9.65. The third kappa shape index (κ3) is 2.07. The Morgan fingerprint density at radius 2 is 1.95 bits per heavy atom. The van der Waals surface area contributed by atoms with Crippen LogP contribution in [0.1, 0.15) is 16.2 Å². The van der Waals surface area contributed by atoms with Crippen molar-refractivity contribution < 1.29 is 9.90 Å². The number of carbonyl (C=O) groups is 1. The number of aromatic nitrogens is 3. The van der Waals surface area contributed by atoms with Crippen molar-refractivity contribution in [2.75, 3.05) is 5.32 Å². The molecular weight excluding hydrogens is 256 g/mol. The number of hydrogen-bond donors (Lipinski definition) is 2. The van der Waals surface area contributed by atoms with Crippen LogP contribution >= 0.6 is 0 Å². The minimum Gasteiger partial charge on any atom is -0.476 e. The van der Waals surface area contributed by atoms with Gasteiger partial charge in [0.05, 0.1) is 5.69 Å². The predicted octanol–water partition coefficient (Wildman–Crippen LogP) is 2.48. The highest BCUT2D eigenvalue weighted by molar-refractivity contribution is 5.88. The van der Waals surface area contributed by atoms with E-state index in [1.54, 1.807) is 19.1 Å². The Balaban J connectivity index is 2.06. The highest BCUT2D eigenvalue weighted by Crippen LogP contribution is 2.16. The number of nitrogens with one attached hydrogen (secondary N) is 1. The van der Waals surface area contributed by atoms with Gasteiger partial charge in [0.1, 0.15) is 0 Å². The van der Waals surface area contributed by atoms with Crippen molar-refractivity contribution in [1.82, 2.24) is 14.6 Å². The van der Waals surface area contributed by atoms with E-state index in [0.29, 0.717) is 17.2 Å². The van der Waals surface area contributed by atoms with Crippen LogP contribution in [0, 0.1) is 6.92 Å². The molecule has 0 fully saturated rings. The molecule has 0 spiro atoms. The number of anilines is 2. The van der Waals surface area contributed by atoms with Gasteiger partial charge in [-0.3, -0.25) is 0 Å². The number of benzene rings is 1. The summed E-state index contributed by atoms with van der Waals surface area (Å²) in [6.45, 7) is 1.66. The summed E-state index contributed by atoms with van der Waals surface area (Å²) in [6.07, 6.45) is 0. The van der Waals surface area contributed by atoms with Gasteiger partial charge in [0.2, 0.25) is 0 Å². The van der Waals surface area contributed by atoms with Crippen LogP contribution in [0.15, 0.2) is 42.5 Å². The number of fused-ring (bicyclic) bond motifs is 1. The van der Waals surface area contributed by atoms with Crippen molar-refractivity contribution in [3.63, 3.8) is 0 Å². The molecule has 6 heteroatoms. The van der Waals surface area contributed by atoms with Gasteiger partial charge in [-0.15, -0.1) is 5.10 Å². The molecule has 0 bridgehead atoms. The maximum atomic E-state index is 11.2. The number of aryl methyl sites for hydroxylation is 1. The van der Waals surface area contributed by atoms with Crippen LogP contribution in [0.5, 0.6) is 0 Å². The zero-order valence-corrected chi connectivity index (χ0v) is 10.7. The molecule has 0 amide bonds. The lowest BCUT2D eigenvalue weighted by Gasteiger charge is -2.05. The number of imidazole rings is 1. The summed E-state index contributed by atoms with van der Waals surface area (Å²) in [5, 5.41) is 16.6. The molecule has 0 aliphatic heterocycles. The van der Waals surface area contributed by atoms with Crippen molar-refractivity contribution >= 4 is 23.1 Å². The number of carboxylic acids is 1. The van der Waals surface area contributed by atoms with Gasteiger partial charge >= 0.3 is 5.97 Å². The van der Waals surface area contributed by atoms with Crippen molar-refractivity contribution in [3.05, 3.63) is 53.9 Å². The third-order valence-electron chi connectivity index (χ3n) is 2.90. The Morgan fingerprint density at radius 1 is 1.20 bits per heavy atom. The van der Waals surface area contributed by atoms with Gasteiger partial charge in [0.25, 0.3) is 0 Å². The van der Waals surface area contributed by atoms with Gasteiger partial charge in [0, 0.05) is 5.69 Å². The highest BCUT2D eigenvalue weighted by Gasteiger charge is 2.16. The van der Waals surface area contributed by atoms with Gasteiger partial charge in [-0.05, 0) is 31.2 Å². The summed E-state index contributed by atoms with van der Waals surface area (Å²) in [5.74, 6) is -0.483. The molecule has 3 aromatic rings. The zero-order chi connectivity index (χ0) is 14.1. The normalized spacial score (nSPS) is 10.7. The van der Waals surface area contributed by atoms with Gasteiger partial charge in [0.15, 0.2) is 17.2 Å². The number of hydrogen-bond acceptors (Lipinski definition) is 4. The molecule has 0 atom stereocenters. The topological polar surface area (TPSA) is 79.5 Å². The number of nitrogens with zero attached hydrogens (tertiary/aromatic N) is 3. The second-order valence-electron chi connectivity index (χ2n) is 4.33. The van der Waals surface area contributed by atoms with Crippen LogP contribution in [0.25, 0.3) is 5.65 Å². The summed E-state index contributed by atoms with van der Waals surface area (Å²) in [7, 11) is 0. The van der Waals surface area contributed by atoms with Crippen LogP contribution in [-0.2, 0) is 0 Å². The van der Waals surface area contributed by atoms with E-state index in [1.807, 2.05) is 30.3 Å². The molecular formula is C14H12N4O2. The van der Waals surface area contributed by atoms with Crippen molar-refractivity contribution in [1.29, 1.82) is 0 Å². The molecule has 0 unspecified atom stereocenters. The Kier molecular flexibility index (Phi) is 2.83. The maximum absolute atomic E-state index is 11.2. The quantitative estimate of drug-likeness (QED) is 0.762. The number of aromatic carboxylic acids is 1. The fourth-order valence-electron chi connectivity index (χ4n) is 2.02. The Morgan fingerprint density at radius 3 is 2.65 bits per heavy atom. The van der Waals surface area contributed by atoms with E-state index in [4.69, 9.17) is 0 Å². The van der Waals surface area contributed by atoms with Crippen molar-refractivity contribution in [2.45, 2.75) is 6.92 Å². The number of rotatable bonds is 3. The molecule has 6 nitrogen and oxygen atoms in total. The van der Waals surface area contributed by atoms with E-state index in [0.717, 1.165) is 5.69 Å². The standard InChI is InChI=1S/C14H12N4O2/c1-9-13(14(19)20)18-12(15-9)8-7-11(17-18)16-10-5-3-2-4-6-10/h2-8H,1H3,(H,16,17)(H,19,20). The number of carboxylic acid groups (broad SMARTS) is 1. The summed E-state index contributed by atoms with van der Waals surface area (Å²) >= 11 is 0. The van der Waals surface area contributed by atoms with Gasteiger partial charge < -0.3 is 10.4 Å². The summed E-state index contributed by atoms with van der Waals surface area (Å²) < 4.78 is 1.34.